The van der Waals surface area contributed by atoms with Crippen molar-refractivity contribution in [3.63, 3.8) is 0 Å². The first kappa shape index (κ1) is 34.4. The standard InChI is InChI=1S/C59H37NS/c1-3-15-38(16-4-1)39-27-29-41(30-28-39)60(42-32-34-57-51(35-42)52-37-50(40-17-5-2-6-18-40)44-19-7-8-23-49(44)58(52)61-57)43-31-33-48-47-22-11-14-26-55(47)59(56(48)36-43)53-24-12-9-20-45(53)46-21-10-13-25-54(46)59/h1-37H. The first-order valence-electron chi connectivity index (χ1n) is 21.1. The van der Waals surface area contributed by atoms with Gasteiger partial charge in [0, 0.05) is 42.6 Å². The van der Waals surface area contributed by atoms with E-state index in [2.05, 4.69) is 229 Å². The van der Waals surface area contributed by atoms with Crippen LogP contribution in [-0.4, -0.2) is 0 Å². The van der Waals surface area contributed by atoms with Gasteiger partial charge in [0.15, 0.2) is 0 Å². The summed E-state index contributed by atoms with van der Waals surface area (Å²) in [4.78, 5) is 2.47. The summed E-state index contributed by atoms with van der Waals surface area (Å²) in [5.41, 5.74) is 18.5. The van der Waals surface area contributed by atoms with Crippen LogP contribution < -0.4 is 4.90 Å². The first-order chi connectivity index (χ1) is 30.3. The molecule has 0 unspecified atom stereocenters. The van der Waals surface area contributed by atoms with E-state index in [0.717, 1.165) is 17.1 Å². The maximum Gasteiger partial charge on any atom is 0.0726 e. The highest BCUT2D eigenvalue weighted by Crippen LogP contribution is 2.63. The lowest BCUT2D eigenvalue weighted by molar-refractivity contribution is 0.793. The second kappa shape index (κ2) is 13.2. The van der Waals surface area contributed by atoms with Crippen LogP contribution in [0.15, 0.2) is 224 Å². The molecule has 11 aromatic rings. The van der Waals surface area contributed by atoms with Crippen LogP contribution in [-0.2, 0) is 5.41 Å². The summed E-state index contributed by atoms with van der Waals surface area (Å²) in [6.45, 7) is 0. The van der Waals surface area contributed by atoms with Crippen LogP contribution >= 0.6 is 11.3 Å². The highest BCUT2D eigenvalue weighted by atomic mass is 32.1. The minimum absolute atomic E-state index is 0.430. The number of fused-ring (bicyclic) bond motifs is 15. The van der Waals surface area contributed by atoms with E-state index in [4.69, 9.17) is 0 Å². The van der Waals surface area contributed by atoms with Gasteiger partial charge < -0.3 is 4.90 Å². The number of anilines is 3. The van der Waals surface area contributed by atoms with Crippen LogP contribution in [0.5, 0.6) is 0 Å². The molecular formula is C59H37NS. The Kier molecular flexibility index (Phi) is 7.46. The molecule has 0 bridgehead atoms. The molecule has 0 aliphatic heterocycles. The summed E-state index contributed by atoms with van der Waals surface area (Å²) in [5, 5.41) is 5.16. The van der Waals surface area contributed by atoms with Crippen LogP contribution in [0.1, 0.15) is 22.3 Å². The first-order valence-corrected chi connectivity index (χ1v) is 21.9. The molecule has 1 spiro atoms. The topological polar surface area (TPSA) is 3.24 Å². The molecule has 2 heteroatoms. The van der Waals surface area contributed by atoms with Crippen LogP contribution in [0, 0.1) is 0 Å². The number of benzene rings is 10. The van der Waals surface area contributed by atoms with Gasteiger partial charge in [0.2, 0.25) is 0 Å². The normalized spacial score (nSPS) is 13.0. The van der Waals surface area contributed by atoms with Gasteiger partial charge in [0.05, 0.1) is 5.41 Å². The third-order valence-corrected chi connectivity index (χ3v) is 14.5. The van der Waals surface area contributed by atoms with Crippen molar-refractivity contribution < 1.29 is 0 Å². The molecule has 0 radical (unpaired) electrons. The van der Waals surface area contributed by atoms with E-state index in [1.807, 2.05) is 11.3 Å². The van der Waals surface area contributed by atoms with Gasteiger partial charge in [0.25, 0.3) is 0 Å². The van der Waals surface area contributed by atoms with Gasteiger partial charge in [-0.05, 0) is 121 Å². The number of thiophene rings is 1. The third-order valence-electron chi connectivity index (χ3n) is 13.3. The molecule has 0 saturated carbocycles. The summed E-state index contributed by atoms with van der Waals surface area (Å²) in [5.74, 6) is 0. The second-order valence-corrected chi connectivity index (χ2v) is 17.4. The maximum atomic E-state index is 2.50. The zero-order chi connectivity index (χ0) is 40.1. The zero-order valence-corrected chi connectivity index (χ0v) is 34.0. The van der Waals surface area contributed by atoms with Gasteiger partial charge in [-0.25, -0.2) is 0 Å². The van der Waals surface area contributed by atoms with E-state index < -0.39 is 5.41 Å². The maximum absolute atomic E-state index is 2.50. The molecule has 2 aliphatic rings. The fraction of sp³-hybridized carbons (Fsp3) is 0.0169. The second-order valence-electron chi connectivity index (χ2n) is 16.4. The molecule has 0 amide bonds. The average molecular weight is 792 g/mol. The van der Waals surface area contributed by atoms with Crippen LogP contribution in [0.25, 0.3) is 75.5 Å². The van der Waals surface area contributed by atoms with E-state index in [9.17, 15) is 0 Å². The Balaban J connectivity index is 1.06. The van der Waals surface area contributed by atoms with Gasteiger partial charge in [-0.1, -0.05) is 176 Å². The van der Waals surface area contributed by atoms with Gasteiger partial charge >= 0.3 is 0 Å². The summed E-state index contributed by atoms with van der Waals surface area (Å²) in [7, 11) is 0. The molecule has 13 rings (SSSR count). The van der Waals surface area contributed by atoms with Gasteiger partial charge in [-0.3, -0.25) is 0 Å². The number of rotatable bonds is 5. The predicted octanol–water partition coefficient (Wildman–Crippen LogP) is 16.4. The number of hydrogen-bond acceptors (Lipinski definition) is 2. The molecule has 0 saturated heterocycles. The molecule has 2 aliphatic carbocycles. The lowest BCUT2D eigenvalue weighted by atomic mass is 9.70. The van der Waals surface area contributed by atoms with Crippen molar-refractivity contribution in [2.75, 3.05) is 4.90 Å². The smallest absolute Gasteiger partial charge is 0.0726 e. The van der Waals surface area contributed by atoms with Crippen LogP contribution in [0.2, 0.25) is 0 Å². The fourth-order valence-electron chi connectivity index (χ4n) is 10.7. The molecule has 1 nitrogen and oxygen atoms in total. The Hall–Kier alpha value is -7.52. The van der Waals surface area contributed by atoms with Crippen LogP contribution in [0.3, 0.4) is 0 Å². The SMILES string of the molecule is c1ccc(-c2ccc(N(c3ccc4c(c3)C3(c5ccccc5-c5ccccc53)c3ccccc3-4)c3ccc4sc5c6ccccc6c(-c6ccccc6)cc5c4c3)cc2)cc1. The van der Waals surface area contributed by atoms with Gasteiger partial charge in [-0.2, -0.15) is 0 Å². The molecule has 0 N–H and O–H groups in total. The molecule has 61 heavy (non-hydrogen) atoms. The Morgan fingerprint density at radius 1 is 0.295 bits per heavy atom. The van der Waals surface area contributed by atoms with Crippen LogP contribution in [0.4, 0.5) is 17.1 Å². The Morgan fingerprint density at radius 3 is 1.44 bits per heavy atom. The Bertz CT molecular complexity index is 3460. The molecule has 10 aromatic carbocycles. The zero-order valence-electron chi connectivity index (χ0n) is 33.2. The lowest BCUT2D eigenvalue weighted by Gasteiger charge is -2.32. The predicted molar refractivity (Wildman–Crippen MR) is 259 cm³/mol. The quantitative estimate of drug-likeness (QED) is 0.168. The molecule has 1 heterocycles. The van der Waals surface area contributed by atoms with Crippen molar-refractivity contribution in [3.05, 3.63) is 247 Å². The summed E-state index contributed by atoms with van der Waals surface area (Å²) in [6.07, 6.45) is 0. The molecule has 0 atom stereocenters. The van der Waals surface area contributed by atoms with Crippen molar-refractivity contribution in [2.24, 2.45) is 0 Å². The Labute approximate surface area is 359 Å². The summed E-state index contributed by atoms with van der Waals surface area (Å²) in [6, 6.07) is 83.5. The van der Waals surface area contributed by atoms with Crippen molar-refractivity contribution in [2.45, 2.75) is 5.41 Å². The van der Waals surface area contributed by atoms with Crippen molar-refractivity contribution in [1.29, 1.82) is 0 Å². The van der Waals surface area contributed by atoms with E-state index in [0.29, 0.717) is 0 Å². The summed E-state index contributed by atoms with van der Waals surface area (Å²) < 4.78 is 2.62. The van der Waals surface area contributed by atoms with E-state index in [1.165, 1.54) is 97.7 Å². The minimum Gasteiger partial charge on any atom is -0.310 e. The molecule has 0 fully saturated rings. The highest BCUT2D eigenvalue weighted by Gasteiger charge is 2.51. The third kappa shape index (κ3) is 4.94. The van der Waals surface area contributed by atoms with E-state index >= 15 is 0 Å². The molecule has 284 valence electrons. The van der Waals surface area contributed by atoms with Crippen molar-refractivity contribution in [1.82, 2.24) is 0 Å². The summed E-state index contributed by atoms with van der Waals surface area (Å²) >= 11 is 1.90. The number of nitrogens with zero attached hydrogens (tertiary/aromatic N) is 1. The Morgan fingerprint density at radius 2 is 0.787 bits per heavy atom. The average Bonchev–Trinajstić information content (AvgIpc) is 3.96. The van der Waals surface area contributed by atoms with Crippen molar-refractivity contribution in [3.8, 4) is 44.5 Å². The van der Waals surface area contributed by atoms with Crippen molar-refractivity contribution >= 4 is 59.3 Å². The minimum atomic E-state index is -0.430. The lowest BCUT2D eigenvalue weighted by Crippen LogP contribution is -2.26. The van der Waals surface area contributed by atoms with Gasteiger partial charge in [-0.15, -0.1) is 11.3 Å². The van der Waals surface area contributed by atoms with E-state index in [1.54, 1.807) is 0 Å². The number of hydrogen-bond donors (Lipinski definition) is 0. The fourth-order valence-corrected chi connectivity index (χ4v) is 11.9. The largest absolute Gasteiger partial charge is 0.310 e. The monoisotopic (exact) mass is 791 g/mol. The van der Waals surface area contributed by atoms with Gasteiger partial charge in [0.1, 0.15) is 0 Å². The molecular weight excluding hydrogens is 755 g/mol. The van der Waals surface area contributed by atoms with E-state index in [-0.39, 0.29) is 0 Å². The molecule has 1 aromatic heterocycles. The highest BCUT2D eigenvalue weighted by molar-refractivity contribution is 7.26.